The smallest absolute Gasteiger partial charge is 0.318 e. The molecule has 0 aliphatic carbocycles. The van der Waals surface area contributed by atoms with Crippen molar-refractivity contribution in [1.82, 2.24) is 15.4 Å². The fourth-order valence-electron chi connectivity index (χ4n) is 3.01. The van der Waals surface area contributed by atoms with Crippen LogP contribution in [0.4, 0.5) is 4.79 Å². The lowest BCUT2D eigenvalue weighted by Crippen LogP contribution is -2.44. The van der Waals surface area contributed by atoms with Crippen molar-refractivity contribution in [2.24, 2.45) is 0 Å². The molecule has 0 radical (unpaired) electrons. The van der Waals surface area contributed by atoms with E-state index in [0.717, 1.165) is 18.5 Å². The van der Waals surface area contributed by atoms with Gasteiger partial charge in [0.1, 0.15) is 0 Å². The maximum Gasteiger partial charge on any atom is 0.318 e. The highest BCUT2D eigenvalue weighted by atomic mass is 32.2. The van der Waals surface area contributed by atoms with Crippen molar-refractivity contribution in [3.63, 3.8) is 0 Å². The molecular formula is C13H19N3O4S. The molecule has 2 atom stereocenters. The van der Waals surface area contributed by atoms with Crippen LogP contribution in [0, 0.1) is 6.92 Å². The Morgan fingerprint density at radius 2 is 2.29 bits per heavy atom. The Morgan fingerprint density at radius 3 is 2.90 bits per heavy atom. The van der Waals surface area contributed by atoms with Gasteiger partial charge in [-0.25, -0.2) is 13.2 Å². The Bertz CT molecular complexity index is 640. The summed E-state index contributed by atoms with van der Waals surface area (Å²) in [5, 5.41) is 6.69. The molecule has 8 heteroatoms. The number of sulfone groups is 1. The second-order valence-electron chi connectivity index (χ2n) is 5.77. The van der Waals surface area contributed by atoms with Gasteiger partial charge in [-0.15, -0.1) is 0 Å². The number of aromatic nitrogens is 1. The number of amides is 2. The van der Waals surface area contributed by atoms with Crippen molar-refractivity contribution < 1.29 is 17.7 Å². The van der Waals surface area contributed by atoms with E-state index in [4.69, 9.17) is 4.52 Å². The van der Waals surface area contributed by atoms with Crippen LogP contribution < -0.4 is 5.32 Å². The number of carbonyl (C=O) groups excluding carboxylic acids is 1. The third kappa shape index (κ3) is 3.04. The third-order valence-electron chi connectivity index (χ3n) is 4.05. The van der Waals surface area contributed by atoms with E-state index in [2.05, 4.69) is 10.5 Å². The van der Waals surface area contributed by atoms with Crippen molar-refractivity contribution in [2.75, 3.05) is 18.1 Å². The van der Waals surface area contributed by atoms with Crippen molar-refractivity contribution in [1.29, 1.82) is 0 Å². The molecule has 3 rings (SSSR count). The van der Waals surface area contributed by atoms with E-state index in [1.807, 2.05) is 13.0 Å². The van der Waals surface area contributed by atoms with E-state index in [-0.39, 0.29) is 29.6 Å². The first kappa shape index (κ1) is 14.4. The first-order valence-electron chi connectivity index (χ1n) is 7.15. The van der Waals surface area contributed by atoms with Gasteiger partial charge in [0.15, 0.2) is 15.6 Å². The molecule has 0 saturated carbocycles. The van der Waals surface area contributed by atoms with Crippen molar-refractivity contribution in [3.8, 4) is 0 Å². The molecule has 0 spiro atoms. The fraction of sp³-hybridized carbons (Fsp3) is 0.692. The van der Waals surface area contributed by atoms with Crippen LogP contribution in [0.25, 0.3) is 0 Å². The SMILES string of the molecule is Cc1cc([C@H]2CCCN2C(=O)N[C@H]2CCS(=O)(=O)C2)on1. The molecule has 2 saturated heterocycles. The second-order valence-corrected chi connectivity index (χ2v) is 8.00. The summed E-state index contributed by atoms with van der Waals surface area (Å²) in [5.74, 6) is 0.889. The maximum atomic E-state index is 12.4. The zero-order valence-electron chi connectivity index (χ0n) is 11.9. The second kappa shape index (κ2) is 5.32. The van der Waals surface area contributed by atoms with Gasteiger partial charge >= 0.3 is 6.03 Å². The van der Waals surface area contributed by atoms with Crippen LogP contribution in [0.2, 0.25) is 0 Å². The molecule has 116 valence electrons. The van der Waals surface area contributed by atoms with E-state index in [9.17, 15) is 13.2 Å². The van der Waals surface area contributed by atoms with Crippen LogP contribution in [0.15, 0.2) is 10.6 Å². The number of nitrogens with one attached hydrogen (secondary N) is 1. The summed E-state index contributed by atoms with van der Waals surface area (Å²) in [6.45, 7) is 2.49. The van der Waals surface area contributed by atoms with Crippen LogP contribution >= 0.6 is 0 Å². The molecule has 2 aliphatic rings. The molecular weight excluding hydrogens is 294 g/mol. The first-order valence-corrected chi connectivity index (χ1v) is 8.97. The van der Waals surface area contributed by atoms with Gasteiger partial charge in [-0.2, -0.15) is 0 Å². The summed E-state index contributed by atoms with van der Waals surface area (Å²) in [6.07, 6.45) is 2.24. The minimum atomic E-state index is -2.99. The average molecular weight is 313 g/mol. The normalized spacial score (nSPS) is 28.0. The first-order chi connectivity index (χ1) is 9.94. The minimum absolute atomic E-state index is 0.0403. The lowest BCUT2D eigenvalue weighted by molar-refractivity contribution is 0.179. The number of rotatable bonds is 2. The molecule has 2 fully saturated rings. The predicted molar refractivity (Wildman–Crippen MR) is 75.5 cm³/mol. The lowest BCUT2D eigenvalue weighted by Gasteiger charge is -2.24. The molecule has 1 aromatic heterocycles. The molecule has 0 aromatic carbocycles. The molecule has 3 heterocycles. The molecule has 0 bridgehead atoms. The molecule has 1 aromatic rings. The van der Waals surface area contributed by atoms with Crippen molar-refractivity contribution >= 4 is 15.9 Å². The van der Waals surface area contributed by atoms with Gasteiger partial charge in [0, 0.05) is 18.7 Å². The molecule has 2 amide bonds. The number of hydrogen-bond donors (Lipinski definition) is 1. The van der Waals surface area contributed by atoms with Crippen LogP contribution in [0.3, 0.4) is 0 Å². The topological polar surface area (TPSA) is 92.5 Å². The van der Waals surface area contributed by atoms with Crippen LogP contribution in [-0.4, -0.2) is 48.6 Å². The predicted octanol–water partition coefficient (Wildman–Crippen LogP) is 1.02. The van der Waals surface area contributed by atoms with Gasteiger partial charge in [0.25, 0.3) is 0 Å². The van der Waals surface area contributed by atoms with E-state index in [1.165, 1.54) is 0 Å². The monoisotopic (exact) mass is 313 g/mol. The number of nitrogens with zero attached hydrogens (tertiary/aromatic N) is 2. The number of carbonyl (C=O) groups is 1. The number of likely N-dealkylation sites (tertiary alicyclic amines) is 1. The van der Waals surface area contributed by atoms with Crippen LogP contribution in [0.1, 0.15) is 36.8 Å². The van der Waals surface area contributed by atoms with E-state index >= 15 is 0 Å². The summed E-state index contributed by atoms with van der Waals surface area (Å²) < 4.78 is 28.2. The highest BCUT2D eigenvalue weighted by molar-refractivity contribution is 7.91. The molecule has 2 aliphatic heterocycles. The average Bonchev–Trinajstić information content (AvgIpc) is 3.09. The van der Waals surface area contributed by atoms with Crippen molar-refractivity contribution in [2.45, 2.75) is 38.3 Å². The van der Waals surface area contributed by atoms with Gasteiger partial charge in [-0.1, -0.05) is 5.16 Å². The Kier molecular flexibility index (Phi) is 3.64. The zero-order valence-corrected chi connectivity index (χ0v) is 12.7. The highest BCUT2D eigenvalue weighted by Gasteiger charge is 2.35. The van der Waals surface area contributed by atoms with Crippen molar-refractivity contribution in [3.05, 3.63) is 17.5 Å². The molecule has 0 unspecified atom stereocenters. The Labute approximate surface area is 123 Å². The van der Waals surface area contributed by atoms with Gasteiger partial charge in [-0.05, 0) is 26.2 Å². The van der Waals surface area contributed by atoms with E-state index < -0.39 is 9.84 Å². The zero-order chi connectivity index (χ0) is 15.0. The third-order valence-corrected chi connectivity index (χ3v) is 5.82. The number of aryl methyl sites for hydroxylation is 1. The molecule has 7 nitrogen and oxygen atoms in total. The largest absolute Gasteiger partial charge is 0.359 e. The van der Waals surface area contributed by atoms with Gasteiger partial charge in [0.2, 0.25) is 0 Å². The van der Waals surface area contributed by atoms with Crippen LogP contribution in [0.5, 0.6) is 0 Å². The quantitative estimate of drug-likeness (QED) is 0.880. The molecule has 21 heavy (non-hydrogen) atoms. The summed E-state index contributed by atoms with van der Waals surface area (Å²) in [5.41, 5.74) is 0.791. The minimum Gasteiger partial charge on any atom is -0.359 e. The summed E-state index contributed by atoms with van der Waals surface area (Å²) in [7, 11) is -2.99. The molecule has 1 N–H and O–H groups in total. The standard InChI is InChI=1S/C13H19N3O4S/c1-9-7-12(20-15-9)11-3-2-5-16(11)13(17)14-10-4-6-21(18,19)8-10/h7,10-11H,2-6,8H2,1H3,(H,14,17)/t10-,11+/m0/s1. The van der Waals surface area contributed by atoms with E-state index in [1.54, 1.807) is 4.90 Å². The van der Waals surface area contributed by atoms with E-state index in [0.29, 0.717) is 18.7 Å². The summed E-state index contributed by atoms with van der Waals surface area (Å²) in [4.78, 5) is 14.1. The Morgan fingerprint density at radius 1 is 1.48 bits per heavy atom. The Balaban J connectivity index is 1.66. The van der Waals surface area contributed by atoms with Gasteiger partial charge in [-0.3, -0.25) is 0 Å². The summed E-state index contributed by atoms with van der Waals surface area (Å²) in [6, 6.07) is 1.24. The fourth-order valence-corrected chi connectivity index (χ4v) is 4.69. The Hall–Kier alpha value is -1.57. The van der Waals surface area contributed by atoms with Gasteiger partial charge in [0.05, 0.1) is 23.2 Å². The van der Waals surface area contributed by atoms with Crippen LogP contribution in [-0.2, 0) is 9.84 Å². The number of hydrogen-bond acceptors (Lipinski definition) is 5. The number of urea groups is 1. The summed E-state index contributed by atoms with van der Waals surface area (Å²) >= 11 is 0. The maximum absolute atomic E-state index is 12.4. The lowest BCUT2D eigenvalue weighted by atomic mass is 10.1. The van der Waals surface area contributed by atoms with Gasteiger partial charge < -0.3 is 14.7 Å². The highest BCUT2D eigenvalue weighted by Crippen LogP contribution is 2.32.